The fourth-order valence-electron chi connectivity index (χ4n) is 3.94. The second-order valence-corrected chi connectivity index (χ2v) is 8.08. The summed E-state index contributed by atoms with van der Waals surface area (Å²) in [7, 11) is 1.63. The summed E-state index contributed by atoms with van der Waals surface area (Å²) in [5.74, 6) is 2.06. The normalized spacial score (nSPS) is 13.6. The number of hydrogen-bond donors (Lipinski definition) is 0. The third-order valence-corrected chi connectivity index (χ3v) is 5.79. The number of methoxy groups -OCH3 is 1. The van der Waals surface area contributed by atoms with Gasteiger partial charge in [-0.05, 0) is 67.1 Å². The number of benzene rings is 3. The van der Waals surface area contributed by atoms with E-state index in [4.69, 9.17) is 18.9 Å². The average molecular weight is 474 g/mol. The van der Waals surface area contributed by atoms with Crippen molar-refractivity contribution in [3.63, 3.8) is 0 Å². The molecule has 6 heteroatoms. The molecule has 1 heterocycles. The molecule has 0 aromatic heterocycles. The Hall–Kier alpha value is -3.77. The standard InChI is InChI=1S/C29H31NO5/c1-3-34-28-6-4-5-7-29(28)35-21-24-20-22(9-15-27(24)32-2)8-14-26(31)23-10-12-25(13-11-23)30-16-18-33-19-17-30/h4-15,20H,3,16-19,21H2,1-2H3/b14-8+. The van der Waals surface area contributed by atoms with Crippen molar-refractivity contribution in [2.45, 2.75) is 13.5 Å². The van der Waals surface area contributed by atoms with E-state index in [0.717, 1.165) is 48.9 Å². The van der Waals surface area contributed by atoms with Gasteiger partial charge in [0.15, 0.2) is 17.3 Å². The largest absolute Gasteiger partial charge is 0.496 e. The van der Waals surface area contributed by atoms with Crippen molar-refractivity contribution in [2.75, 3.05) is 44.9 Å². The molecule has 0 aliphatic carbocycles. The van der Waals surface area contributed by atoms with E-state index < -0.39 is 0 Å². The third kappa shape index (κ3) is 6.43. The summed E-state index contributed by atoms with van der Waals surface area (Å²) in [5, 5.41) is 0. The zero-order valence-electron chi connectivity index (χ0n) is 20.2. The molecule has 1 fully saturated rings. The van der Waals surface area contributed by atoms with Crippen molar-refractivity contribution in [3.8, 4) is 17.2 Å². The van der Waals surface area contributed by atoms with Gasteiger partial charge in [0.1, 0.15) is 12.4 Å². The SMILES string of the molecule is CCOc1ccccc1OCc1cc(/C=C/C(=O)c2ccc(N3CCOCC3)cc2)ccc1OC. The van der Waals surface area contributed by atoms with Crippen LogP contribution in [0.2, 0.25) is 0 Å². The molecule has 0 spiro atoms. The summed E-state index contributed by atoms with van der Waals surface area (Å²) in [6.45, 7) is 6.02. The molecular weight excluding hydrogens is 442 g/mol. The van der Waals surface area contributed by atoms with Gasteiger partial charge in [-0.25, -0.2) is 0 Å². The predicted octanol–water partition coefficient (Wildman–Crippen LogP) is 5.41. The summed E-state index contributed by atoms with van der Waals surface area (Å²) >= 11 is 0. The van der Waals surface area contributed by atoms with E-state index >= 15 is 0 Å². The second-order valence-electron chi connectivity index (χ2n) is 8.08. The Bertz CT molecular complexity index is 1150. The maximum atomic E-state index is 12.7. The molecule has 0 amide bonds. The summed E-state index contributed by atoms with van der Waals surface area (Å²) in [6.07, 6.45) is 3.41. The fourth-order valence-corrected chi connectivity index (χ4v) is 3.94. The Balaban J connectivity index is 1.43. The number of rotatable bonds is 10. The Morgan fingerprint density at radius 2 is 1.66 bits per heavy atom. The molecule has 1 aliphatic heterocycles. The van der Waals surface area contributed by atoms with Crippen LogP contribution in [0, 0.1) is 0 Å². The lowest BCUT2D eigenvalue weighted by molar-refractivity contribution is 0.104. The van der Waals surface area contributed by atoms with E-state index in [1.54, 1.807) is 13.2 Å². The maximum Gasteiger partial charge on any atom is 0.185 e. The minimum atomic E-state index is -0.0437. The molecule has 6 nitrogen and oxygen atoms in total. The van der Waals surface area contributed by atoms with Crippen LogP contribution in [0.1, 0.15) is 28.4 Å². The third-order valence-electron chi connectivity index (χ3n) is 5.79. The van der Waals surface area contributed by atoms with Gasteiger partial charge in [0, 0.05) is 29.9 Å². The van der Waals surface area contributed by atoms with Gasteiger partial charge in [0.05, 0.1) is 26.9 Å². The first-order valence-corrected chi connectivity index (χ1v) is 11.8. The first kappa shape index (κ1) is 24.4. The van der Waals surface area contributed by atoms with E-state index in [1.807, 2.05) is 79.7 Å². The van der Waals surface area contributed by atoms with Crippen molar-refractivity contribution >= 4 is 17.5 Å². The van der Waals surface area contributed by atoms with Crippen LogP contribution in [0.25, 0.3) is 6.08 Å². The number of hydrogen-bond acceptors (Lipinski definition) is 6. The molecule has 4 rings (SSSR count). The van der Waals surface area contributed by atoms with E-state index in [2.05, 4.69) is 4.90 Å². The van der Waals surface area contributed by atoms with Crippen LogP contribution in [-0.2, 0) is 11.3 Å². The lowest BCUT2D eigenvalue weighted by Gasteiger charge is -2.28. The average Bonchev–Trinajstić information content (AvgIpc) is 2.92. The number of anilines is 1. The second kappa shape index (κ2) is 12.1. The van der Waals surface area contributed by atoms with Crippen LogP contribution < -0.4 is 19.1 Å². The number of morpholine rings is 1. The molecule has 0 atom stereocenters. The summed E-state index contributed by atoms with van der Waals surface area (Å²) < 4.78 is 22.6. The smallest absolute Gasteiger partial charge is 0.185 e. The highest BCUT2D eigenvalue weighted by Gasteiger charge is 2.12. The maximum absolute atomic E-state index is 12.7. The van der Waals surface area contributed by atoms with Gasteiger partial charge in [0.2, 0.25) is 0 Å². The Morgan fingerprint density at radius 3 is 2.34 bits per heavy atom. The molecule has 3 aromatic rings. The van der Waals surface area contributed by atoms with Crippen LogP contribution in [0.15, 0.2) is 72.8 Å². The van der Waals surface area contributed by atoms with Crippen LogP contribution in [0.4, 0.5) is 5.69 Å². The molecule has 0 saturated carbocycles. The van der Waals surface area contributed by atoms with Gasteiger partial charge in [-0.3, -0.25) is 4.79 Å². The first-order valence-electron chi connectivity index (χ1n) is 11.8. The quantitative estimate of drug-likeness (QED) is 0.290. The molecule has 3 aromatic carbocycles. The van der Waals surface area contributed by atoms with Crippen molar-refractivity contribution < 1.29 is 23.7 Å². The van der Waals surface area contributed by atoms with Crippen LogP contribution in [0.5, 0.6) is 17.2 Å². The van der Waals surface area contributed by atoms with E-state index in [-0.39, 0.29) is 5.78 Å². The Labute approximate surface area is 206 Å². The van der Waals surface area contributed by atoms with Crippen molar-refractivity contribution in [1.29, 1.82) is 0 Å². The molecule has 0 bridgehead atoms. The van der Waals surface area contributed by atoms with Gasteiger partial charge >= 0.3 is 0 Å². The molecular formula is C29H31NO5. The van der Waals surface area contributed by atoms with Crippen LogP contribution in [-0.4, -0.2) is 45.8 Å². The highest BCUT2D eigenvalue weighted by Crippen LogP contribution is 2.29. The highest BCUT2D eigenvalue weighted by atomic mass is 16.5. The van der Waals surface area contributed by atoms with E-state index in [1.165, 1.54) is 0 Å². The molecule has 0 N–H and O–H groups in total. The van der Waals surface area contributed by atoms with Crippen molar-refractivity contribution in [2.24, 2.45) is 0 Å². The molecule has 0 unspecified atom stereocenters. The number of carbonyl (C=O) groups is 1. The Morgan fingerprint density at radius 1 is 0.943 bits per heavy atom. The zero-order chi connectivity index (χ0) is 24.5. The molecule has 0 radical (unpaired) electrons. The number of para-hydroxylation sites is 2. The van der Waals surface area contributed by atoms with Gasteiger partial charge in [-0.2, -0.15) is 0 Å². The molecule has 182 valence electrons. The van der Waals surface area contributed by atoms with Crippen LogP contribution in [0.3, 0.4) is 0 Å². The van der Waals surface area contributed by atoms with Gasteiger partial charge in [-0.1, -0.05) is 24.3 Å². The monoisotopic (exact) mass is 473 g/mol. The zero-order valence-corrected chi connectivity index (χ0v) is 20.2. The van der Waals surface area contributed by atoms with Gasteiger partial charge in [0.25, 0.3) is 0 Å². The number of ether oxygens (including phenoxy) is 4. The van der Waals surface area contributed by atoms with E-state index in [0.29, 0.717) is 30.3 Å². The highest BCUT2D eigenvalue weighted by molar-refractivity contribution is 6.07. The first-order chi connectivity index (χ1) is 17.2. The fraction of sp³-hybridized carbons (Fsp3) is 0.276. The summed E-state index contributed by atoms with van der Waals surface area (Å²) in [4.78, 5) is 15.0. The van der Waals surface area contributed by atoms with Crippen molar-refractivity contribution in [3.05, 3.63) is 89.5 Å². The number of carbonyl (C=O) groups excluding carboxylic acids is 1. The molecule has 1 aliphatic rings. The number of ketones is 1. The molecule has 1 saturated heterocycles. The lowest BCUT2D eigenvalue weighted by atomic mass is 10.1. The van der Waals surface area contributed by atoms with Crippen molar-refractivity contribution in [1.82, 2.24) is 0 Å². The van der Waals surface area contributed by atoms with Gasteiger partial charge in [-0.15, -0.1) is 0 Å². The molecule has 35 heavy (non-hydrogen) atoms. The number of allylic oxidation sites excluding steroid dienone is 1. The lowest BCUT2D eigenvalue weighted by Crippen LogP contribution is -2.36. The van der Waals surface area contributed by atoms with E-state index in [9.17, 15) is 4.79 Å². The van der Waals surface area contributed by atoms with Gasteiger partial charge < -0.3 is 23.8 Å². The summed E-state index contributed by atoms with van der Waals surface area (Å²) in [6, 6.07) is 21.1. The topological polar surface area (TPSA) is 57.2 Å². The predicted molar refractivity (Wildman–Crippen MR) is 138 cm³/mol. The van der Waals surface area contributed by atoms with Crippen LogP contribution >= 0.6 is 0 Å². The minimum Gasteiger partial charge on any atom is -0.496 e. The number of nitrogens with zero attached hydrogens (tertiary/aromatic N) is 1. The Kier molecular flexibility index (Phi) is 8.41. The minimum absolute atomic E-state index is 0.0437. The summed E-state index contributed by atoms with van der Waals surface area (Å²) in [5.41, 5.74) is 3.53.